The molecule has 1 aliphatic carbocycles. The van der Waals surface area contributed by atoms with Crippen molar-refractivity contribution in [3.8, 4) is 11.5 Å². The second-order valence-corrected chi connectivity index (χ2v) is 6.46. The summed E-state index contributed by atoms with van der Waals surface area (Å²) in [4.78, 5) is 23.2. The number of benzene rings is 1. The lowest BCUT2D eigenvalue weighted by molar-refractivity contribution is -0.139. The fourth-order valence-corrected chi connectivity index (χ4v) is 3.27. The minimum atomic E-state index is -0.860. The molecule has 138 valence electrons. The molecule has 1 amide bonds. The summed E-state index contributed by atoms with van der Waals surface area (Å²) in [7, 11) is 0. The van der Waals surface area contributed by atoms with Gasteiger partial charge in [0, 0.05) is 6.42 Å². The average molecular weight is 349 g/mol. The van der Waals surface area contributed by atoms with Gasteiger partial charge in [-0.3, -0.25) is 9.59 Å². The first-order valence-electron chi connectivity index (χ1n) is 8.91. The molecule has 1 saturated carbocycles. The molecular formula is C19H27NO5. The van der Waals surface area contributed by atoms with Crippen molar-refractivity contribution < 1.29 is 24.2 Å². The van der Waals surface area contributed by atoms with Crippen molar-refractivity contribution in [1.29, 1.82) is 0 Å². The Morgan fingerprint density at radius 1 is 1.12 bits per heavy atom. The highest BCUT2D eigenvalue weighted by molar-refractivity contribution is 5.78. The lowest BCUT2D eigenvalue weighted by Crippen LogP contribution is -2.47. The summed E-state index contributed by atoms with van der Waals surface area (Å²) in [6.45, 7) is 2.99. The first-order valence-corrected chi connectivity index (χ1v) is 8.91. The SMILES string of the molecule is CCOc1ccc(OCCCC(=O)NC2(CC(=O)O)CCCC2)cc1. The highest BCUT2D eigenvalue weighted by Gasteiger charge is 2.37. The Labute approximate surface area is 148 Å². The number of hydrogen-bond donors (Lipinski definition) is 2. The molecule has 0 heterocycles. The van der Waals surface area contributed by atoms with E-state index >= 15 is 0 Å². The number of nitrogens with one attached hydrogen (secondary N) is 1. The van der Waals surface area contributed by atoms with E-state index < -0.39 is 11.5 Å². The Balaban J connectivity index is 1.70. The minimum absolute atomic E-state index is 0.00141. The van der Waals surface area contributed by atoms with Crippen molar-refractivity contribution in [3.05, 3.63) is 24.3 Å². The van der Waals surface area contributed by atoms with Crippen LogP contribution < -0.4 is 14.8 Å². The van der Waals surface area contributed by atoms with Gasteiger partial charge < -0.3 is 19.9 Å². The molecule has 0 aromatic heterocycles. The van der Waals surface area contributed by atoms with Crippen LogP contribution in [0.3, 0.4) is 0 Å². The summed E-state index contributed by atoms with van der Waals surface area (Å²) in [5, 5.41) is 12.0. The van der Waals surface area contributed by atoms with E-state index in [-0.39, 0.29) is 12.3 Å². The predicted octanol–water partition coefficient (Wildman–Crippen LogP) is 3.15. The molecular weight excluding hydrogens is 322 g/mol. The van der Waals surface area contributed by atoms with Crippen molar-refractivity contribution >= 4 is 11.9 Å². The number of carboxylic acid groups (broad SMARTS) is 1. The van der Waals surface area contributed by atoms with E-state index in [9.17, 15) is 9.59 Å². The van der Waals surface area contributed by atoms with Crippen LogP contribution in [0, 0.1) is 0 Å². The van der Waals surface area contributed by atoms with Crippen LogP contribution in [-0.2, 0) is 9.59 Å². The van der Waals surface area contributed by atoms with Crippen LogP contribution in [0.4, 0.5) is 0 Å². The van der Waals surface area contributed by atoms with E-state index in [1.54, 1.807) is 0 Å². The highest BCUT2D eigenvalue weighted by atomic mass is 16.5. The van der Waals surface area contributed by atoms with Gasteiger partial charge in [0.05, 0.1) is 25.2 Å². The molecule has 0 radical (unpaired) electrons. The fourth-order valence-electron chi connectivity index (χ4n) is 3.27. The van der Waals surface area contributed by atoms with Gasteiger partial charge in [0.25, 0.3) is 0 Å². The lowest BCUT2D eigenvalue weighted by Gasteiger charge is -2.28. The average Bonchev–Trinajstić information content (AvgIpc) is 3.00. The fraction of sp³-hybridized carbons (Fsp3) is 0.579. The molecule has 6 heteroatoms. The molecule has 2 N–H and O–H groups in total. The lowest BCUT2D eigenvalue weighted by atomic mass is 9.93. The number of carbonyl (C=O) groups excluding carboxylic acids is 1. The largest absolute Gasteiger partial charge is 0.494 e. The van der Waals surface area contributed by atoms with Gasteiger partial charge in [-0.1, -0.05) is 12.8 Å². The van der Waals surface area contributed by atoms with Gasteiger partial charge in [0.15, 0.2) is 0 Å². The Kier molecular flexibility index (Phi) is 7.10. The minimum Gasteiger partial charge on any atom is -0.494 e. The molecule has 2 rings (SSSR count). The maximum absolute atomic E-state index is 12.1. The Bertz CT molecular complexity index is 564. The maximum Gasteiger partial charge on any atom is 0.305 e. The quantitative estimate of drug-likeness (QED) is 0.634. The summed E-state index contributed by atoms with van der Waals surface area (Å²) in [6, 6.07) is 7.37. The van der Waals surface area contributed by atoms with E-state index in [4.69, 9.17) is 14.6 Å². The molecule has 1 aromatic carbocycles. The van der Waals surface area contributed by atoms with Crippen LogP contribution in [0.2, 0.25) is 0 Å². The second-order valence-electron chi connectivity index (χ2n) is 6.46. The van der Waals surface area contributed by atoms with E-state index in [1.807, 2.05) is 31.2 Å². The summed E-state index contributed by atoms with van der Waals surface area (Å²) in [5.74, 6) is 0.580. The number of carbonyl (C=O) groups is 2. The molecule has 0 atom stereocenters. The van der Waals surface area contributed by atoms with Crippen LogP contribution in [-0.4, -0.2) is 35.7 Å². The van der Waals surface area contributed by atoms with Gasteiger partial charge >= 0.3 is 5.97 Å². The molecule has 0 bridgehead atoms. The number of hydrogen-bond acceptors (Lipinski definition) is 4. The summed E-state index contributed by atoms with van der Waals surface area (Å²) >= 11 is 0. The third-order valence-corrected chi connectivity index (χ3v) is 4.41. The van der Waals surface area contributed by atoms with E-state index in [2.05, 4.69) is 5.32 Å². The predicted molar refractivity (Wildman–Crippen MR) is 93.9 cm³/mol. The summed E-state index contributed by atoms with van der Waals surface area (Å²) in [5.41, 5.74) is -0.557. The number of ether oxygens (including phenoxy) is 2. The van der Waals surface area contributed by atoms with Gasteiger partial charge in [0.1, 0.15) is 11.5 Å². The third kappa shape index (κ3) is 6.29. The van der Waals surface area contributed by atoms with Crippen molar-refractivity contribution in [1.82, 2.24) is 5.32 Å². The van der Waals surface area contributed by atoms with Gasteiger partial charge in [-0.2, -0.15) is 0 Å². The first-order chi connectivity index (χ1) is 12.0. The van der Waals surface area contributed by atoms with Crippen LogP contribution >= 0.6 is 0 Å². The van der Waals surface area contributed by atoms with E-state index in [1.165, 1.54) is 0 Å². The van der Waals surface area contributed by atoms with Crippen molar-refractivity contribution in [2.75, 3.05) is 13.2 Å². The third-order valence-electron chi connectivity index (χ3n) is 4.41. The zero-order chi connectivity index (χ0) is 18.1. The summed E-state index contributed by atoms with van der Waals surface area (Å²) < 4.78 is 11.0. The Hall–Kier alpha value is -2.24. The molecule has 0 spiro atoms. The van der Waals surface area contributed by atoms with E-state index in [0.29, 0.717) is 26.1 Å². The number of aliphatic carboxylic acids is 1. The van der Waals surface area contributed by atoms with Gasteiger partial charge in [0.2, 0.25) is 5.91 Å². The standard InChI is InChI=1S/C19H27NO5/c1-2-24-15-7-9-16(10-8-15)25-13-5-6-17(21)20-19(14-18(22)23)11-3-4-12-19/h7-10H,2-6,11-14H2,1H3,(H,20,21)(H,22,23). The number of carboxylic acids is 1. The van der Waals surface area contributed by atoms with Crippen LogP contribution in [0.15, 0.2) is 24.3 Å². The van der Waals surface area contributed by atoms with Gasteiger partial charge in [-0.15, -0.1) is 0 Å². The van der Waals surface area contributed by atoms with Gasteiger partial charge in [-0.25, -0.2) is 0 Å². The van der Waals surface area contributed by atoms with Crippen LogP contribution in [0.1, 0.15) is 51.9 Å². The number of rotatable bonds is 10. The van der Waals surface area contributed by atoms with Crippen LogP contribution in [0.5, 0.6) is 11.5 Å². The van der Waals surface area contributed by atoms with Crippen molar-refractivity contribution in [2.45, 2.75) is 57.4 Å². The molecule has 1 aromatic rings. The Morgan fingerprint density at radius 3 is 2.28 bits per heavy atom. The monoisotopic (exact) mass is 349 g/mol. The molecule has 0 unspecified atom stereocenters. The van der Waals surface area contributed by atoms with Crippen LogP contribution in [0.25, 0.3) is 0 Å². The molecule has 0 aliphatic heterocycles. The Morgan fingerprint density at radius 2 is 1.72 bits per heavy atom. The van der Waals surface area contributed by atoms with Gasteiger partial charge in [-0.05, 0) is 50.5 Å². The zero-order valence-corrected chi connectivity index (χ0v) is 14.8. The van der Waals surface area contributed by atoms with Crippen molar-refractivity contribution in [2.24, 2.45) is 0 Å². The zero-order valence-electron chi connectivity index (χ0n) is 14.8. The first kappa shape index (κ1) is 19.1. The summed E-state index contributed by atoms with van der Waals surface area (Å²) in [6.07, 6.45) is 4.34. The number of amides is 1. The highest BCUT2D eigenvalue weighted by Crippen LogP contribution is 2.32. The van der Waals surface area contributed by atoms with E-state index in [0.717, 1.165) is 37.2 Å². The van der Waals surface area contributed by atoms with Crippen molar-refractivity contribution in [3.63, 3.8) is 0 Å². The maximum atomic E-state index is 12.1. The molecule has 6 nitrogen and oxygen atoms in total. The topological polar surface area (TPSA) is 84.9 Å². The second kappa shape index (κ2) is 9.30. The molecule has 25 heavy (non-hydrogen) atoms. The molecule has 1 fully saturated rings. The molecule has 1 aliphatic rings. The molecule has 0 saturated heterocycles. The normalized spacial score (nSPS) is 15.6. The smallest absolute Gasteiger partial charge is 0.305 e.